The van der Waals surface area contributed by atoms with E-state index in [2.05, 4.69) is 18.0 Å². The molecule has 66 valence electrons. The molecule has 0 saturated carbocycles. The molecule has 1 fully saturated rings. The first-order valence-electron chi connectivity index (χ1n) is 4.32. The van der Waals surface area contributed by atoms with E-state index in [1.807, 2.05) is 19.1 Å². The summed E-state index contributed by atoms with van der Waals surface area (Å²) in [5, 5.41) is 7.71. The minimum Gasteiger partial charge on any atom is -0.304 e. The average Bonchev–Trinajstić information content (AvgIpc) is 2.03. The minimum absolute atomic E-state index is 0.766. The molecular formula is C10H16N2. The Balaban J connectivity index is 2.62. The molecule has 1 N–H and O–H groups in total. The third-order valence-corrected chi connectivity index (χ3v) is 2.07. The lowest BCUT2D eigenvalue weighted by Crippen LogP contribution is -2.33. The highest BCUT2D eigenvalue weighted by Crippen LogP contribution is 2.11. The molecule has 2 heteroatoms. The fraction of sp³-hybridized carbons (Fsp3) is 0.500. The fourth-order valence-electron chi connectivity index (χ4n) is 1.31. The van der Waals surface area contributed by atoms with Crippen molar-refractivity contribution in [1.29, 1.82) is 5.41 Å². The first kappa shape index (κ1) is 9.20. The van der Waals surface area contributed by atoms with Crippen molar-refractivity contribution in [2.24, 2.45) is 0 Å². The van der Waals surface area contributed by atoms with Crippen LogP contribution in [0.2, 0.25) is 0 Å². The van der Waals surface area contributed by atoms with E-state index in [4.69, 9.17) is 5.41 Å². The van der Waals surface area contributed by atoms with E-state index in [0.717, 1.165) is 25.2 Å². The second kappa shape index (κ2) is 4.21. The number of hydrogen-bond acceptors (Lipinski definition) is 2. The van der Waals surface area contributed by atoms with Crippen molar-refractivity contribution < 1.29 is 0 Å². The molecule has 0 unspecified atom stereocenters. The Hall–Kier alpha value is -0.890. The Labute approximate surface area is 74.1 Å². The van der Waals surface area contributed by atoms with Crippen molar-refractivity contribution >= 4 is 5.71 Å². The van der Waals surface area contributed by atoms with E-state index in [-0.39, 0.29) is 0 Å². The summed E-state index contributed by atoms with van der Waals surface area (Å²) < 4.78 is 0. The molecule has 2 nitrogen and oxygen atoms in total. The van der Waals surface area contributed by atoms with Crippen molar-refractivity contribution in [1.82, 2.24) is 4.90 Å². The Morgan fingerprint density at radius 2 is 2.25 bits per heavy atom. The smallest absolute Gasteiger partial charge is 0.0486 e. The van der Waals surface area contributed by atoms with E-state index in [1.54, 1.807) is 0 Å². The van der Waals surface area contributed by atoms with Crippen LogP contribution in [0.1, 0.15) is 13.3 Å². The van der Waals surface area contributed by atoms with E-state index < -0.39 is 0 Å². The first-order valence-corrected chi connectivity index (χ1v) is 4.32. The maximum absolute atomic E-state index is 7.71. The largest absolute Gasteiger partial charge is 0.304 e. The highest BCUT2D eigenvalue weighted by atomic mass is 15.1. The number of piperidine rings is 1. The van der Waals surface area contributed by atoms with Crippen molar-refractivity contribution in [3.63, 3.8) is 0 Å². The van der Waals surface area contributed by atoms with Gasteiger partial charge in [-0.3, -0.25) is 0 Å². The molecule has 1 aliphatic heterocycles. The van der Waals surface area contributed by atoms with Gasteiger partial charge in [-0.25, -0.2) is 0 Å². The highest BCUT2D eigenvalue weighted by molar-refractivity contribution is 6.00. The second-order valence-corrected chi connectivity index (χ2v) is 3.18. The molecule has 0 aromatic heterocycles. The van der Waals surface area contributed by atoms with E-state index in [1.165, 1.54) is 5.57 Å². The lowest BCUT2D eigenvalue weighted by Gasteiger charge is -2.24. The van der Waals surface area contributed by atoms with Gasteiger partial charge in [0.25, 0.3) is 0 Å². The summed E-state index contributed by atoms with van der Waals surface area (Å²) in [4.78, 5) is 2.18. The van der Waals surface area contributed by atoms with E-state index in [9.17, 15) is 0 Å². The van der Waals surface area contributed by atoms with Gasteiger partial charge in [0, 0.05) is 18.8 Å². The molecule has 0 spiro atoms. The van der Waals surface area contributed by atoms with Crippen molar-refractivity contribution in [2.75, 3.05) is 20.1 Å². The van der Waals surface area contributed by atoms with Crippen LogP contribution in [-0.4, -0.2) is 30.7 Å². The van der Waals surface area contributed by atoms with Crippen LogP contribution >= 0.6 is 0 Å². The van der Waals surface area contributed by atoms with Crippen LogP contribution in [0.15, 0.2) is 23.8 Å². The molecule has 0 amide bonds. The predicted molar refractivity (Wildman–Crippen MR) is 52.7 cm³/mol. The van der Waals surface area contributed by atoms with Gasteiger partial charge in [-0.05, 0) is 26.0 Å². The van der Waals surface area contributed by atoms with Crippen molar-refractivity contribution in [2.45, 2.75) is 13.3 Å². The number of nitrogens with one attached hydrogen (secondary N) is 1. The summed E-state index contributed by atoms with van der Waals surface area (Å²) in [5.74, 6) is 0. The third kappa shape index (κ3) is 2.31. The Morgan fingerprint density at radius 3 is 2.83 bits per heavy atom. The summed E-state index contributed by atoms with van der Waals surface area (Å²) in [5.41, 5.74) is 1.95. The molecule has 0 aromatic rings. The first-order chi connectivity index (χ1) is 5.74. The Bertz CT molecular complexity index is 226. The number of nitrogens with zero attached hydrogens (tertiary/aromatic N) is 1. The van der Waals surface area contributed by atoms with Gasteiger partial charge in [-0.2, -0.15) is 0 Å². The molecule has 0 bridgehead atoms. The molecule has 1 saturated heterocycles. The molecule has 0 atom stereocenters. The van der Waals surface area contributed by atoms with Gasteiger partial charge in [0.15, 0.2) is 0 Å². The van der Waals surface area contributed by atoms with Crippen LogP contribution in [0.3, 0.4) is 0 Å². The van der Waals surface area contributed by atoms with Crippen molar-refractivity contribution in [3.8, 4) is 0 Å². The van der Waals surface area contributed by atoms with Gasteiger partial charge >= 0.3 is 0 Å². The molecule has 0 aromatic carbocycles. The van der Waals surface area contributed by atoms with E-state index in [0.29, 0.717) is 0 Å². The summed E-state index contributed by atoms with van der Waals surface area (Å²) >= 11 is 0. The summed E-state index contributed by atoms with van der Waals surface area (Å²) in [6, 6.07) is 0. The molecule has 0 aliphatic carbocycles. The van der Waals surface area contributed by atoms with Crippen LogP contribution in [-0.2, 0) is 0 Å². The Kier molecular flexibility index (Phi) is 3.23. The number of hydrogen-bond donors (Lipinski definition) is 1. The SMILES string of the molecule is C/C=C/C=C1\CCN(C)CC1=N. The second-order valence-electron chi connectivity index (χ2n) is 3.18. The van der Waals surface area contributed by atoms with E-state index >= 15 is 0 Å². The quantitative estimate of drug-likeness (QED) is 0.629. The third-order valence-electron chi connectivity index (χ3n) is 2.07. The molecule has 1 rings (SSSR count). The summed E-state index contributed by atoms with van der Waals surface area (Å²) in [7, 11) is 2.06. The lowest BCUT2D eigenvalue weighted by molar-refractivity contribution is 0.372. The summed E-state index contributed by atoms with van der Waals surface area (Å²) in [6.45, 7) is 3.87. The van der Waals surface area contributed by atoms with Crippen LogP contribution in [0.25, 0.3) is 0 Å². The standard InChI is InChI=1S/C10H16N2/c1-3-4-5-9-6-7-12(2)8-10(9)11/h3-5,11H,6-8H2,1-2H3/b4-3+,9-5+,11-10?. The van der Waals surface area contributed by atoms with Gasteiger partial charge in [-0.1, -0.05) is 18.2 Å². The number of likely N-dealkylation sites (tertiary alicyclic amines) is 1. The van der Waals surface area contributed by atoms with Gasteiger partial charge < -0.3 is 10.3 Å². The zero-order valence-corrected chi connectivity index (χ0v) is 7.80. The van der Waals surface area contributed by atoms with Crippen LogP contribution in [0, 0.1) is 5.41 Å². The maximum atomic E-state index is 7.71. The molecule has 1 heterocycles. The molecule has 12 heavy (non-hydrogen) atoms. The molecule has 0 radical (unpaired) electrons. The van der Waals surface area contributed by atoms with Gasteiger partial charge in [0.05, 0.1) is 0 Å². The lowest BCUT2D eigenvalue weighted by atomic mass is 10.0. The average molecular weight is 164 g/mol. The molecular weight excluding hydrogens is 148 g/mol. The van der Waals surface area contributed by atoms with Crippen LogP contribution < -0.4 is 0 Å². The van der Waals surface area contributed by atoms with Crippen molar-refractivity contribution in [3.05, 3.63) is 23.8 Å². The molecule has 1 aliphatic rings. The van der Waals surface area contributed by atoms with Crippen LogP contribution in [0.4, 0.5) is 0 Å². The van der Waals surface area contributed by atoms with Gasteiger partial charge in [0.2, 0.25) is 0 Å². The fourth-order valence-corrected chi connectivity index (χ4v) is 1.31. The van der Waals surface area contributed by atoms with Crippen LogP contribution in [0.5, 0.6) is 0 Å². The van der Waals surface area contributed by atoms with Gasteiger partial charge in [0.1, 0.15) is 0 Å². The monoisotopic (exact) mass is 164 g/mol. The zero-order chi connectivity index (χ0) is 8.97. The topological polar surface area (TPSA) is 27.1 Å². The zero-order valence-electron chi connectivity index (χ0n) is 7.80. The number of allylic oxidation sites excluding steroid dienone is 3. The minimum atomic E-state index is 0.766. The van der Waals surface area contributed by atoms with Gasteiger partial charge in [-0.15, -0.1) is 0 Å². The number of rotatable bonds is 1. The predicted octanol–water partition coefficient (Wildman–Crippen LogP) is 1.84. The normalized spacial score (nSPS) is 24.2. The maximum Gasteiger partial charge on any atom is 0.0486 e. The summed E-state index contributed by atoms with van der Waals surface area (Å²) in [6.07, 6.45) is 7.07. The Morgan fingerprint density at radius 1 is 1.50 bits per heavy atom. The highest BCUT2D eigenvalue weighted by Gasteiger charge is 2.14.